The van der Waals surface area contributed by atoms with E-state index < -0.39 is 11.9 Å². The lowest BCUT2D eigenvalue weighted by atomic mass is 9.87. The number of aliphatic carboxylic acids is 1. The first-order valence-electron chi connectivity index (χ1n) is 6.83. The Morgan fingerprint density at radius 3 is 2.62 bits per heavy atom. The molecule has 1 fully saturated rings. The van der Waals surface area contributed by atoms with Crippen molar-refractivity contribution in [3.05, 3.63) is 33.8 Å². The largest absolute Gasteiger partial charge is 0.481 e. The van der Waals surface area contributed by atoms with E-state index in [0.29, 0.717) is 36.0 Å². The van der Waals surface area contributed by atoms with Gasteiger partial charge >= 0.3 is 5.97 Å². The molecule has 0 aliphatic carbocycles. The molecule has 1 saturated heterocycles. The molecule has 2 rings (SSSR count). The molecule has 6 heteroatoms. The Morgan fingerprint density at radius 2 is 2.05 bits per heavy atom. The molecule has 1 aromatic carbocycles. The molecule has 0 aromatic heterocycles. The molecule has 21 heavy (non-hydrogen) atoms. The number of likely N-dealkylation sites (tertiary alicyclic amines) is 1. The van der Waals surface area contributed by atoms with E-state index in [1.807, 2.05) is 6.07 Å². The number of amides is 1. The number of carboxylic acids is 1. The van der Waals surface area contributed by atoms with Gasteiger partial charge in [0.05, 0.1) is 5.92 Å². The minimum Gasteiger partial charge on any atom is -0.481 e. The minimum absolute atomic E-state index is 0.0369. The van der Waals surface area contributed by atoms with E-state index in [4.69, 9.17) is 28.3 Å². The van der Waals surface area contributed by atoms with Gasteiger partial charge in [-0.3, -0.25) is 9.59 Å². The summed E-state index contributed by atoms with van der Waals surface area (Å²) in [5, 5.41) is 10.1. The zero-order chi connectivity index (χ0) is 15.6. The third-order valence-electron chi connectivity index (χ3n) is 3.98. The maximum absolute atomic E-state index is 12.0. The number of benzene rings is 1. The number of hydrogen-bond acceptors (Lipinski definition) is 2. The highest BCUT2D eigenvalue weighted by Gasteiger charge is 2.36. The molecule has 114 valence electrons. The maximum Gasteiger partial charge on any atom is 0.306 e. The second-order valence-corrected chi connectivity index (χ2v) is 6.27. The summed E-state index contributed by atoms with van der Waals surface area (Å²) < 4.78 is 0. The quantitative estimate of drug-likeness (QED) is 0.902. The fraction of sp³-hybridized carbons (Fsp3) is 0.467. The fourth-order valence-electron chi connectivity index (χ4n) is 2.36. The Labute approximate surface area is 133 Å². The number of hydrogen-bond donors (Lipinski definition) is 1. The number of carbonyl (C=O) groups is 2. The van der Waals surface area contributed by atoms with Gasteiger partial charge in [-0.2, -0.15) is 0 Å². The summed E-state index contributed by atoms with van der Waals surface area (Å²) in [7, 11) is 0. The molecular formula is C15H17Cl2NO3. The van der Waals surface area contributed by atoms with Crippen LogP contribution in [0.5, 0.6) is 0 Å². The number of rotatable bonds is 5. The second kappa shape index (κ2) is 6.67. The number of halogens is 2. The van der Waals surface area contributed by atoms with Crippen LogP contribution in [0, 0.1) is 11.8 Å². The Hall–Kier alpha value is -1.26. The summed E-state index contributed by atoms with van der Waals surface area (Å²) in [5.41, 5.74) is 0.894. The van der Waals surface area contributed by atoms with Crippen molar-refractivity contribution in [3.8, 4) is 0 Å². The van der Waals surface area contributed by atoms with Crippen LogP contribution in [0.3, 0.4) is 0 Å². The Balaban J connectivity index is 1.80. The lowest BCUT2D eigenvalue weighted by molar-refractivity contribution is -0.150. The average molecular weight is 330 g/mol. The predicted molar refractivity (Wildman–Crippen MR) is 81.7 cm³/mol. The molecule has 4 nitrogen and oxygen atoms in total. The molecular weight excluding hydrogens is 313 g/mol. The smallest absolute Gasteiger partial charge is 0.306 e. The average Bonchev–Trinajstić information content (AvgIpc) is 2.35. The van der Waals surface area contributed by atoms with E-state index in [1.54, 1.807) is 24.0 Å². The van der Waals surface area contributed by atoms with Crippen LogP contribution in [0.2, 0.25) is 10.0 Å². The third-order valence-corrected chi connectivity index (χ3v) is 4.57. The van der Waals surface area contributed by atoms with Crippen LogP contribution in [-0.2, 0) is 16.0 Å². The first-order valence-corrected chi connectivity index (χ1v) is 7.58. The normalized spacial score (nSPS) is 16.4. The number of carboxylic acid groups (broad SMARTS) is 1. The Morgan fingerprint density at radius 1 is 1.38 bits per heavy atom. The van der Waals surface area contributed by atoms with Crippen molar-refractivity contribution in [3.63, 3.8) is 0 Å². The summed E-state index contributed by atoms with van der Waals surface area (Å²) in [6.45, 7) is 2.74. The molecule has 1 atom stereocenters. The van der Waals surface area contributed by atoms with Gasteiger partial charge in [-0.25, -0.2) is 0 Å². The van der Waals surface area contributed by atoms with Crippen LogP contribution >= 0.6 is 23.2 Å². The van der Waals surface area contributed by atoms with Crippen molar-refractivity contribution in [1.82, 2.24) is 4.90 Å². The van der Waals surface area contributed by atoms with E-state index in [9.17, 15) is 9.59 Å². The maximum atomic E-state index is 12.0. The third kappa shape index (κ3) is 3.89. The molecule has 1 unspecified atom stereocenters. The van der Waals surface area contributed by atoms with Gasteiger partial charge in [0.1, 0.15) is 0 Å². The van der Waals surface area contributed by atoms with Crippen LogP contribution in [0.25, 0.3) is 0 Å². The van der Waals surface area contributed by atoms with Gasteiger partial charge in [-0.1, -0.05) is 36.2 Å². The summed E-state index contributed by atoms with van der Waals surface area (Å²) in [6, 6.07) is 5.24. The lowest BCUT2D eigenvalue weighted by Gasteiger charge is -2.41. The fourth-order valence-corrected chi connectivity index (χ4v) is 2.86. The molecule has 0 bridgehead atoms. The van der Waals surface area contributed by atoms with Crippen LogP contribution < -0.4 is 0 Å². The number of carbonyl (C=O) groups excluding carboxylic acids is 1. The van der Waals surface area contributed by atoms with Gasteiger partial charge in [-0.05, 0) is 24.1 Å². The van der Waals surface area contributed by atoms with Crippen molar-refractivity contribution < 1.29 is 14.7 Å². The molecule has 1 aliphatic heterocycles. The zero-order valence-electron chi connectivity index (χ0n) is 11.7. The first-order chi connectivity index (χ1) is 9.88. The van der Waals surface area contributed by atoms with Gasteiger partial charge in [0.15, 0.2) is 0 Å². The summed E-state index contributed by atoms with van der Waals surface area (Å²) >= 11 is 11.9. The van der Waals surface area contributed by atoms with Gasteiger partial charge < -0.3 is 10.0 Å². The van der Waals surface area contributed by atoms with Gasteiger partial charge in [0.2, 0.25) is 5.91 Å². The van der Waals surface area contributed by atoms with Crippen LogP contribution in [0.15, 0.2) is 18.2 Å². The van der Waals surface area contributed by atoms with Crippen LogP contribution in [0.4, 0.5) is 0 Å². The van der Waals surface area contributed by atoms with Crippen molar-refractivity contribution in [2.24, 2.45) is 11.8 Å². The van der Waals surface area contributed by atoms with E-state index in [-0.39, 0.29) is 11.8 Å². The number of aryl methyl sites for hydroxylation is 1. The van der Waals surface area contributed by atoms with E-state index in [1.165, 1.54) is 0 Å². The molecule has 0 spiro atoms. The monoisotopic (exact) mass is 329 g/mol. The van der Waals surface area contributed by atoms with Crippen molar-refractivity contribution >= 4 is 35.1 Å². The van der Waals surface area contributed by atoms with Crippen molar-refractivity contribution in [2.45, 2.75) is 19.8 Å². The standard InChI is InChI=1S/C15H17Cl2NO3/c1-9(15(20)21)11-7-18(8-11)14(19)5-3-10-2-4-12(16)6-13(10)17/h2,4,6,9,11H,3,5,7-8H2,1H3,(H,20,21). The summed E-state index contributed by atoms with van der Waals surface area (Å²) in [6.07, 6.45) is 0.931. The van der Waals surface area contributed by atoms with Crippen molar-refractivity contribution in [2.75, 3.05) is 13.1 Å². The van der Waals surface area contributed by atoms with Crippen molar-refractivity contribution in [1.29, 1.82) is 0 Å². The molecule has 0 saturated carbocycles. The number of nitrogens with zero attached hydrogens (tertiary/aromatic N) is 1. The highest BCUT2D eigenvalue weighted by atomic mass is 35.5. The molecule has 1 N–H and O–H groups in total. The molecule has 1 aliphatic rings. The minimum atomic E-state index is -0.806. The van der Waals surface area contributed by atoms with Crippen LogP contribution in [-0.4, -0.2) is 35.0 Å². The Kier molecular flexibility index (Phi) is 5.12. The lowest BCUT2D eigenvalue weighted by Crippen LogP contribution is -2.53. The SMILES string of the molecule is CC(C(=O)O)C1CN(C(=O)CCc2ccc(Cl)cc2Cl)C1. The van der Waals surface area contributed by atoms with Crippen LogP contribution in [0.1, 0.15) is 18.9 Å². The van der Waals surface area contributed by atoms with E-state index >= 15 is 0 Å². The summed E-state index contributed by atoms with van der Waals surface area (Å²) in [5.74, 6) is -1.11. The molecule has 0 radical (unpaired) electrons. The molecule has 1 heterocycles. The molecule has 1 amide bonds. The first kappa shape index (κ1) is 16.1. The van der Waals surface area contributed by atoms with E-state index in [0.717, 1.165) is 5.56 Å². The molecule has 1 aromatic rings. The van der Waals surface area contributed by atoms with E-state index in [2.05, 4.69) is 0 Å². The highest BCUT2D eigenvalue weighted by Crippen LogP contribution is 2.26. The topological polar surface area (TPSA) is 57.6 Å². The van der Waals surface area contributed by atoms with Gasteiger partial charge in [0, 0.05) is 35.5 Å². The Bertz CT molecular complexity index is 556. The highest BCUT2D eigenvalue weighted by molar-refractivity contribution is 6.35. The van der Waals surface area contributed by atoms with Gasteiger partial charge in [0.25, 0.3) is 0 Å². The van der Waals surface area contributed by atoms with Gasteiger partial charge in [-0.15, -0.1) is 0 Å². The zero-order valence-corrected chi connectivity index (χ0v) is 13.2. The second-order valence-electron chi connectivity index (χ2n) is 5.42. The predicted octanol–water partition coefficient (Wildman–Crippen LogP) is 3.11. The summed E-state index contributed by atoms with van der Waals surface area (Å²) in [4.78, 5) is 24.6.